The van der Waals surface area contributed by atoms with Crippen molar-refractivity contribution >= 4 is 32.7 Å². The normalized spacial score (nSPS) is 11.4. The molecule has 0 unspecified atom stereocenters. The van der Waals surface area contributed by atoms with Gasteiger partial charge in [0.25, 0.3) is 0 Å². The van der Waals surface area contributed by atoms with E-state index in [9.17, 15) is 10.1 Å². The van der Waals surface area contributed by atoms with E-state index < -0.39 is 0 Å². The highest BCUT2D eigenvalue weighted by atomic mass is 79.9. The largest absolute Gasteiger partial charge is 0.325 e. The van der Waals surface area contributed by atoms with Crippen molar-refractivity contribution in [2.24, 2.45) is 7.05 Å². The van der Waals surface area contributed by atoms with Gasteiger partial charge in [0.1, 0.15) is 15.8 Å². The molecule has 0 aliphatic carbocycles. The van der Waals surface area contributed by atoms with Gasteiger partial charge in [-0.15, -0.1) is 0 Å². The zero-order valence-corrected chi connectivity index (χ0v) is 12.3. The van der Waals surface area contributed by atoms with Crippen LogP contribution in [0.3, 0.4) is 0 Å². The minimum atomic E-state index is -0.356. The van der Waals surface area contributed by atoms with Gasteiger partial charge >= 0.3 is 5.69 Å². The maximum Gasteiger partial charge on any atom is 0.309 e. The van der Waals surface area contributed by atoms with E-state index in [4.69, 9.17) is 0 Å². The summed E-state index contributed by atoms with van der Waals surface area (Å²) < 4.78 is 2.33. The Hall–Kier alpha value is -1.43. The summed E-state index contributed by atoms with van der Waals surface area (Å²) in [6, 6.07) is 1.87. The number of aromatic nitrogens is 2. The Labute approximate surface area is 113 Å². The van der Waals surface area contributed by atoms with E-state index in [1.807, 2.05) is 38.5 Å². The maximum atomic E-state index is 11.3. The van der Waals surface area contributed by atoms with Crippen LogP contribution >= 0.6 is 15.9 Å². The van der Waals surface area contributed by atoms with Gasteiger partial charge in [0.15, 0.2) is 0 Å². The third kappa shape index (κ3) is 1.80. The van der Waals surface area contributed by atoms with Gasteiger partial charge in [-0.3, -0.25) is 10.1 Å². The zero-order chi connectivity index (χ0) is 13.6. The second-order valence-electron chi connectivity index (χ2n) is 4.66. The first-order chi connectivity index (χ1) is 8.34. The number of benzene rings is 1. The smallest absolute Gasteiger partial charge is 0.309 e. The molecule has 1 aromatic carbocycles. The van der Waals surface area contributed by atoms with Gasteiger partial charge in [-0.05, 0) is 34.5 Å². The average Bonchev–Trinajstić information content (AvgIpc) is 2.57. The van der Waals surface area contributed by atoms with Crippen LogP contribution in [-0.4, -0.2) is 14.5 Å². The van der Waals surface area contributed by atoms with Gasteiger partial charge in [-0.2, -0.15) is 0 Å². The van der Waals surface area contributed by atoms with Crippen molar-refractivity contribution in [1.82, 2.24) is 9.55 Å². The number of fused-ring (bicyclic) bond motifs is 1. The zero-order valence-electron chi connectivity index (χ0n) is 10.7. The second-order valence-corrected chi connectivity index (χ2v) is 5.46. The molecule has 0 N–H and O–H groups in total. The minimum Gasteiger partial charge on any atom is -0.325 e. The number of aryl methyl sites for hydroxylation is 2. The fraction of sp³-hybridized carbons (Fsp3) is 0.417. The third-order valence-electron chi connectivity index (χ3n) is 2.99. The van der Waals surface area contributed by atoms with Crippen LogP contribution in [0.1, 0.15) is 31.2 Å². The average molecular weight is 312 g/mol. The monoisotopic (exact) mass is 311 g/mol. The SMILES string of the molecule is Cc1cc2nc(C(C)C)n(C)c2c([N+](=O)[O-])c1Br. The number of nitrogens with zero attached hydrogens (tertiary/aromatic N) is 3. The van der Waals surface area contributed by atoms with Crippen LogP contribution in [-0.2, 0) is 7.05 Å². The van der Waals surface area contributed by atoms with Gasteiger partial charge in [0.2, 0.25) is 0 Å². The summed E-state index contributed by atoms with van der Waals surface area (Å²) in [6.07, 6.45) is 0. The lowest BCUT2D eigenvalue weighted by molar-refractivity contribution is -0.384. The first kappa shape index (κ1) is 13.0. The Balaban J connectivity index is 2.95. The van der Waals surface area contributed by atoms with E-state index in [1.165, 1.54) is 0 Å². The molecule has 0 radical (unpaired) electrons. The molecule has 0 fully saturated rings. The molecule has 0 spiro atoms. The molecule has 0 saturated carbocycles. The lowest BCUT2D eigenvalue weighted by Crippen LogP contribution is -2.01. The molecule has 1 heterocycles. The summed E-state index contributed by atoms with van der Waals surface area (Å²) in [6.45, 7) is 5.88. The fourth-order valence-electron chi connectivity index (χ4n) is 2.16. The molecule has 1 aromatic heterocycles. The van der Waals surface area contributed by atoms with Crippen LogP contribution < -0.4 is 0 Å². The van der Waals surface area contributed by atoms with Crippen molar-refractivity contribution in [3.63, 3.8) is 0 Å². The van der Waals surface area contributed by atoms with E-state index in [1.54, 1.807) is 0 Å². The summed E-state index contributed by atoms with van der Waals surface area (Å²) in [5.74, 6) is 1.08. The van der Waals surface area contributed by atoms with E-state index >= 15 is 0 Å². The lowest BCUT2D eigenvalue weighted by atomic mass is 10.2. The predicted molar refractivity (Wildman–Crippen MR) is 73.9 cm³/mol. The van der Waals surface area contributed by atoms with Crippen LogP contribution in [0.25, 0.3) is 11.0 Å². The molecule has 0 aliphatic rings. The van der Waals surface area contributed by atoms with Crippen molar-refractivity contribution < 1.29 is 4.92 Å². The quantitative estimate of drug-likeness (QED) is 0.628. The number of halogens is 1. The van der Waals surface area contributed by atoms with E-state index in [2.05, 4.69) is 20.9 Å². The van der Waals surface area contributed by atoms with Crippen molar-refractivity contribution in [2.75, 3.05) is 0 Å². The molecule has 5 nitrogen and oxygen atoms in total. The summed E-state index contributed by atoms with van der Waals surface area (Å²) in [5, 5.41) is 11.3. The Morgan fingerprint density at radius 3 is 2.61 bits per heavy atom. The topological polar surface area (TPSA) is 61.0 Å². The third-order valence-corrected chi connectivity index (χ3v) is 3.99. The summed E-state index contributed by atoms with van der Waals surface area (Å²) in [4.78, 5) is 15.4. The van der Waals surface area contributed by atoms with Crippen LogP contribution in [0, 0.1) is 17.0 Å². The highest BCUT2D eigenvalue weighted by Crippen LogP contribution is 2.37. The van der Waals surface area contributed by atoms with E-state index in [-0.39, 0.29) is 16.5 Å². The molecule has 2 rings (SSSR count). The summed E-state index contributed by atoms with van der Waals surface area (Å²) in [5.41, 5.74) is 2.16. The number of nitro groups is 1. The van der Waals surface area contributed by atoms with Crippen LogP contribution in [0.2, 0.25) is 0 Å². The number of imidazole rings is 1. The van der Waals surface area contributed by atoms with E-state index in [0.29, 0.717) is 15.5 Å². The predicted octanol–water partition coefficient (Wildman–Crippen LogP) is 3.68. The second kappa shape index (κ2) is 4.35. The molecule has 0 bridgehead atoms. The fourth-order valence-corrected chi connectivity index (χ4v) is 2.61. The van der Waals surface area contributed by atoms with Crippen LogP contribution in [0.15, 0.2) is 10.5 Å². The molecule has 18 heavy (non-hydrogen) atoms. The minimum absolute atomic E-state index is 0.0897. The van der Waals surface area contributed by atoms with Gasteiger partial charge in [-0.25, -0.2) is 4.98 Å². The van der Waals surface area contributed by atoms with Gasteiger partial charge in [0, 0.05) is 13.0 Å². The van der Waals surface area contributed by atoms with Gasteiger partial charge in [0.05, 0.1) is 10.4 Å². The highest BCUT2D eigenvalue weighted by Gasteiger charge is 2.25. The molecule has 96 valence electrons. The Bertz CT molecular complexity index is 647. The number of hydrogen-bond donors (Lipinski definition) is 0. The van der Waals surface area contributed by atoms with Gasteiger partial charge < -0.3 is 4.57 Å². The Kier molecular flexibility index (Phi) is 3.14. The highest BCUT2D eigenvalue weighted by molar-refractivity contribution is 9.10. The molecule has 2 aromatic rings. The lowest BCUT2D eigenvalue weighted by Gasteiger charge is -2.06. The van der Waals surface area contributed by atoms with Crippen molar-refractivity contribution in [3.8, 4) is 0 Å². The summed E-state index contributed by atoms with van der Waals surface area (Å²) >= 11 is 3.30. The molecule has 0 amide bonds. The van der Waals surface area contributed by atoms with Crippen molar-refractivity contribution in [2.45, 2.75) is 26.7 Å². The van der Waals surface area contributed by atoms with Gasteiger partial charge in [-0.1, -0.05) is 13.8 Å². The Morgan fingerprint density at radius 2 is 2.11 bits per heavy atom. The molecular weight excluding hydrogens is 298 g/mol. The molecule has 6 heteroatoms. The first-order valence-corrected chi connectivity index (χ1v) is 6.43. The molecule has 0 aliphatic heterocycles. The molecule has 0 atom stereocenters. The van der Waals surface area contributed by atoms with E-state index in [0.717, 1.165) is 11.4 Å². The summed E-state index contributed by atoms with van der Waals surface area (Å²) in [7, 11) is 1.82. The maximum absolute atomic E-state index is 11.3. The van der Waals surface area contributed by atoms with Crippen molar-refractivity contribution in [1.29, 1.82) is 0 Å². The van der Waals surface area contributed by atoms with Crippen LogP contribution in [0.5, 0.6) is 0 Å². The standard InChI is InChI=1S/C12H14BrN3O2/c1-6(2)12-14-8-5-7(3)9(13)11(16(17)18)10(8)15(12)4/h5-6H,1-4H3. The first-order valence-electron chi connectivity index (χ1n) is 5.64. The molecule has 0 saturated heterocycles. The Morgan fingerprint density at radius 1 is 1.50 bits per heavy atom. The number of rotatable bonds is 2. The number of hydrogen-bond acceptors (Lipinski definition) is 3. The van der Waals surface area contributed by atoms with Crippen LogP contribution in [0.4, 0.5) is 5.69 Å². The van der Waals surface area contributed by atoms with Crippen molar-refractivity contribution in [3.05, 3.63) is 32.0 Å². The molecular formula is C12H14BrN3O2. The number of nitro benzene ring substituents is 1.